The van der Waals surface area contributed by atoms with Gasteiger partial charge in [-0.1, -0.05) is 13.0 Å². The summed E-state index contributed by atoms with van der Waals surface area (Å²) in [6, 6.07) is 5.90. The van der Waals surface area contributed by atoms with E-state index in [-0.39, 0.29) is 0 Å². The molecule has 0 radical (unpaired) electrons. The highest BCUT2D eigenvalue weighted by atomic mass is 16.5. The second-order valence-electron chi connectivity index (χ2n) is 3.48. The minimum Gasteiger partial charge on any atom is -0.488 e. The first-order valence-electron chi connectivity index (χ1n) is 4.90. The lowest BCUT2D eigenvalue weighted by Gasteiger charge is -2.00. The van der Waals surface area contributed by atoms with Gasteiger partial charge in [0.25, 0.3) is 0 Å². The van der Waals surface area contributed by atoms with E-state index in [4.69, 9.17) is 9.84 Å². The zero-order valence-electron chi connectivity index (χ0n) is 8.49. The Hall–Kier alpha value is -1.77. The van der Waals surface area contributed by atoms with Crippen molar-refractivity contribution in [3.05, 3.63) is 35.4 Å². The number of carboxylic acids is 1. The summed E-state index contributed by atoms with van der Waals surface area (Å²) in [5.41, 5.74) is 2.85. The van der Waals surface area contributed by atoms with Crippen LogP contribution in [0.3, 0.4) is 0 Å². The average Bonchev–Trinajstić information content (AvgIpc) is 2.60. The van der Waals surface area contributed by atoms with Crippen LogP contribution >= 0.6 is 0 Å². The number of carboxylic acid groups (broad SMARTS) is 1. The van der Waals surface area contributed by atoms with Gasteiger partial charge in [-0.15, -0.1) is 0 Å². The van der Waals surface area contributed by atoms with E-state index in [0.29, 0.717) is 6.61 Å². The SMILES string of the molecule is CCc1ccc2c(c1)/C(=C/C(=O)O)CO2. The minimum absolute atomic E-state index is 0.356. The van der Waals surface area contributed by atoms with Gasteiger partial charge in [0, 0.05) is 17.2 Å². The molecule has 1 aromatic carbocycles. The molecule has 78 valence electrons. The Morgan fingerprint density at radius 3 is 3.07 bits per heavy atom. The summed E-state index contributed by atoms with van der Waals surface area (Å²) in [5, 5.41) is 8.69. The molecule has 1 aromatic rings. The van der Waals surface area contributed by atoms with E-state index in [2.05, 4.69) is 6.92 Å². The van der Waals surface area contributed by atoms with Gasteiger partial charge in [0.2, 0.25) is 0 Å². The van der Waals surface area contributed by atoms with Crippen LogP contribution < -0.4 is 4.74 Å². The third-order valence-electron chi connectivity index (χ3n) is 2.48. The predicted molar refractivity (Wildman–Crippen MR) is 56.9 cm³/mol. The number of hydrogen-bond donors (Lipinski definition) is 1. The van der Waals surface area contributed by atoms with Gasteiger partial charge < -0.3 is 9.84 Å². The largest absolute Gasteiger partial charge is 0.488 e. The number of carbonyl (C=O) groups is 1. The van der Waals surface area contributed by atoms with E-state index in [0.717, 1.165) is 23.3 Å². The maximum atomic E-state index is 10.6. The van der Waals surface area contributed by atoms with Gasteiger partial charge in [-0.25, -0.2) is 4.79 Å². The van der Waals surface area contributed by atoms with Crippen molar-refractivity contribution >= 4 is 11.5 Å². The molecule has 1 aliphatic rings. The van der Waals surface area contributed by atoms with Crippen LogP contribution in [0.25, 0.3) is 5.57 Å². The van der Waals surface area contributed by atoms with Gasteiger partial charge in [-0.2, -0.15) is 0 Å². The van der Waals surface area contributed by atoms with Crippen LogP contribution in [-0.4, -0.2) is 17.7 Å². The molecule has 0 bridgehead atoms. The Balaban J connectivity index is 2.44. The third-order valence-corrected chi connectivity index (χ3v) is 2.48. The standard InChI is InChI=1S/C12H12O3/c1-2-8-3-4-11-10(5-8)9(7-15-11)6-12(13)14/h3-6H,2,7H2,1H3,(H,13,14)/b9-6+. The van der Waals surface area contributed by atoms with E-state index < -0.39 is 5.97 Å². The number of fused-ring (bicyclic) bond motifs is 1. The monoisotopic (exact) mass is 204 g/mol. The number of benzene rings is 1. The van der Waals surface area contributed by atoms with Crippen LogP contribution in [0.2, 0.25) is 0 Å². The lowest BCUT2D eigenvalue weighted by atomic mass is 10.0. The molecule has 1 N–H and O–H groups in total. The molecule has 0 spiro atoms. The first-order valence-corrected chi connectivity index (χ1v) is 4.90. The summed E-state index contributed by atoms with van der Waals surface area (Å²) in [4.78, 5) is 10.6. The summed E-state index contributed by atoms with van der Waals surface area (Å²) in [6.07, 6.45) is 2.15. The second-order valence-corrected chi connectivity index (χ2v) is 3.48. The smallest absolute Gasteiger partial charge is 0.328 e. The van der Waals surface area contributed by atoms with Gasteiger partial charge in [-0.05, 0) is 24.1 Å². The molecule has 1 aliphatic heterocycles. The average molecular weight is 204 g/mol. The highest BCUT2D eigenvalue weighted by Gasteiger charge is 2.18. The number of rotatable bonds is 2. The molecule has 0 saturated heterocycles. The summed E-state index contributed by atoms with van der Waals surface area (Å²) in [5.74, 6) is -0.150. The lowest BCUT2D eigenvalue weighted by Crippen LogP contribution is -1.93. The number of aliphatic carboxylic acids is 1. The van der Waals surface area contributed by atoms with Gasteiger partial charge in [0.05, 0.1) is 0 Å². The van der Waals surface area contributed by atoms with Crippen molar-refractivity contribution in [1.29, 1.82) is 0 Å². The first kappa shape index (κ1) is 9.77. The number of aryl methyl sites for hydroxylation is 1. The van der Waals surface area contributed by atoms with Crippen molar-refractivity contribution in [2.75, 3.05) is 6.61 Å². The maximum absolute atomic E-state index is 10.6. The Morgan fingerprint density at radius 2 is 2.40 bits per heavy atom. The van der Waals surface area contributed by atoms with E-state index in [9.17, 15) is 4.79 Å². The predicted octanol–water partition coefficient (Wildman–Crippen LogP) is 2.11. The lowest BCUT2D eigenvalue weighted by molar-refractivity contribution is -0.131. The molecular formula is C12H12O3. The van der Waals surface area contributed by atoms with Crippen LogP contribution in [-0.2, 0) is 11.2 Å². The molecule has 3 heteroatoms. The topological polar surface area (TPSA) is 46.5 Å². The van der Waals surface area contributed by atoms with Gasteiger partial charge >= 0.3 is 5.97 Å². The van der Waals surface area contributed by atoms with Crippen molar-refractivity contribution in [3.8, 4) is 5.75 Å². The molecule has 0 fully saturated rings. The van der Waals surface area contributed by atoms with E-state index in [1.165, 1.54) is 11.6 Å². The minimum atomic E-state index is -0.927. The molecule has 0 atom stereocenters. The number of hydrogen-bond acceptors (Lipinski definition) is 2. The van der Waals surface area contributed by atoms with E-state index in [1.54, 1.807) is 0 Å². The molecule has 3 nitrogen and oxygen atoms in total. The van der Waals surface area contributed by atoms with Crippen LogP contribution in [0.4, 0.5) is 0 Å². The zero-order valence-corrected chi connectivity index (χ0v) is 8.49. The van der Waals surface area contributed by atoms with Crippen molar-refractivity contribution in [3.63, 3.8) is 0 Å². The van der Waals surface area contributed by atoms with E-state index in [1.807, 2.05) is 18.2 Å². The van der Waals surface area contributed by atoms with Gasteiger partial charge in [-0.3, -0.25) is 0 Å². The fraction of sp³-hybridized carbons (Fsp3) is 0.250. The molecule has 0 aliphatic carbocycles. The van der Waals surface area contributed by atoms with Crippen LogP contribution in [0.5, 0.6) is 5.75 Å². The van der Waals surface area contributed by atoms with Crippen molar-refractivity contribution in [1.82, 2.24) is 0 Å². The first-order chi connectivity index (χ1) is 7.20. The van der Waals surface area contributed by atoms with Crippen LogP contribution in [0.1, 0.15) is 18.1 Å². The van der Waals surface area contributed by atoms with Gasteiger partial charge in [0.15, 0.2) is 0 Å². The Kier molecular flexibility index (Phi) is 2.46. The van der Waals surface area contributed by atoms with Crippen LogP contribution in [0.15, 0.2) is 24.3 Å². The molecule has 0 amide bonds. The molecule has 0 saturated carbocycles. The summed E-state index contributed by atoms with van der Waals surface area (Å²) in [6.45, 7) is 2.42. The van der Waals surface area contributed by atoms with Crippen LogP contribution in [0, 0.1) is 0 Å². The summed E-state index contributed by atoms with van der Waals surface area (Å²) < 4.78 is 5.38. The normalized spacial score (nSPS) is 16.2. The summed E-state index contributed by atoms with van der Waals surface area (Å²) in [7, 11) is 0. The van der Waals surface area contributed by atoms with Gasteiger partial charge in [0.1, 0.15) is 12.4 Å². The Bertz CT molecular complexity index is 432. The van der Waals surface area contributed by atoms with Crippen molar-refractivity contribution in [2.45, 2.75) is 13.3 Å². The quantitative estimate of drug-likeness (QED) is 0.750. The highest BCUT2D eigenvalue weighted by molar-refractivity contribution is 5.92. The molecular weight excluding hydrogens is 192 g/mol. The molecule has 2 rings (SSSR count). The molecule has 0 aromatic heterocycles. The fourth-order valence-electron chi connectivity index (χ4n) is 1.68. The molecule has 1 heterocycles. The highest BCUT2D eigenvalue weighted by Crippen LogP contribution is 2.33. The van der Waals surface area contributed by atoms with Crippen molar-refractivity contribution in [2.24, 2.45) is 0 Å². The summed E-state index contributed by atoms with van der Waals surface area (Å²) >= 11 is 0. The molecule has 15 heavy (non-hydrogen) atoms. The molecule has 0 unspecified atom stereocenters. The zero-order chi connectivity index (χ0) is 10.8. The third kappa shape index (κ3) is 1.86. The number of ether oxygens (including phenoxy) is 1. The Morgan fingerprint density at radius 1 is 1.60 bits per heavy atom. The maximum Gasteiger partial charge on any atom is 0.328 e. The fourth-order valence-corrected chi connectivity index (χ4v) is 1.68. The Labute approximate surface area is 88.0 Å². The van der Waals surface area contributed by atoms with E-state index >= 15 is 0 Å². The second kappa shape index (κ2) is 3.77. The van der Waals surface area contributed by atoms with Crippen molar-refractivity contribution < 1.29 is 14.6 Å².